The average molecular weight is 453 g/mol. The Morgan fingerprint density at radius 2 is 1.57 bits per heavy atom. The van der Waals surface area contributed by atoms with Crippen molar-refractivity contribution in [1.82, 2.24) is 0 Å². The predicted molar refractivity (Wildman–Crippen MR) is 125 cm³/mol. The summed E-state index contributed by atoms with van der Waals surface area (Å²) in [5.41, 5.74) is 6.57. The highest BCUT2D eigenvalue weighted by molar-refractivity contribution is 9.10. The van der Waals surface area contributed by atoms with E-state index in [4.69, 9.17) is 4.42 Å². The number of benzene rings is 4. The van der Waals surface area contributed by atoms with Crippen molar-refractivity contribution in [2.24, 2.45) is 0 Å². The lowest BCUT2D eigenvalue weighted by Crippen LogP contribution is -2.13. The van der Waals surface area contributed by atoms with Gasteiger partial charge in [-0.2, -0.15) is 0 Å². The van der Waals surface area contributed by atoms with E-state index in [0.717, 1.165) is 21.7 Å². The van der Waals surface area contributed by atoms with Crippen molar-refractivity contribution < 1.29 is 4.42 Å². The van der Waals surface area contributed by atoms with Crippen LogP contribution < -0.4 is 5.63 Å². The molecule has 0 saturated carbocycles. The standard InChI is InChI=1S/C27H17BrO2/c28-18-10-11-19-21(16-6-2-1-3-7-16)12-17-13-25-24(15-22(17)23(19)14-18)20-8-4-5-9-26(20)30-27(25)29/h1-11,13-15,21H,12H2. The fourth-order valence-corrected chi connectivity index (χ4v) is 5.13. The highest BCUT2D eigenvalue weighted by atomic mass is 79.9. The molecule has 5 aromatic rings. The van der Waals surface area contributed by atoms with Gasteiger partial charge in [-0.05, 0) is 64.6 Å². The molecule has 0 spiro atoms. The van der Waals surface area contributed by atoms with Crippen LogP contribution in [0.15, 0.2) is 98.6 Å². The molecule has 0 N–H and O–H groups in total. The van der Waals surface area contributed by atoms with Crippen molar-refractivity contribution in [3.8, 4) is 11.1 Å². The second kappa shape index (κ2) is 6.68. The molecule has 2 nitrogen and oxygen atoms in total. The predicted octanol–water partition coefficient (Wildman–Crippen LogP) is 7.06. The summed E-state index contributed by atoms with van der Waals surface area (Å²) in [7, 11) is 0. The molecule has 1 atom stereocenters. The summed E-state index contributed by atoms with van der Waals surface area (Å²) in [6.07, 6.45) is 0.857. The maximum absolute atomic E-state index is 12.8. The van der Waals surface area contributed by atoms with Gasteiger partial charge in [0.1, 0.15) is 5.58 Å². The Morgan fingerprint density at radius 1 is 0.767 bits per heavy atom. The second-order valence-electron chi connectivity index (χ2n) is 7.84. The van der Waals surface area contributed by atoms with E-state index in [1.165, 1.54) is 27.8 Å². The van der Waals surface area contributed by atoms with Crippen molar-refractivity contribution >= 4 is 37.7 Å². The van der Waals surface area contributed by atoms with E-state index < -0.39 is 0 Å². The number of halogens is 1. The summed E-state index contributed by atoms with van der Waals surface area (Å²) in [5.74, 6) is 0.256. The van der Waals surface area contributed by atoms with Gasteiger partial charge in [-0.1, -0.05) is 70.5 Å². The molecule has 1 aliphatic carbocycles. The van der Waals surface area contributed by atoms with Gasteiger partial charge in [0.15, 0.2) is 0 Å². The molecule has 0 radical (unpaired) electrons. The van der Waals surface area contributed by atoms with Gasteiger partial charge in [-0.3, -0.25) is 0 Å². The van der Waals surface area contributed by atoms with Crippen LogP contribution in [0.5, 0.6) is 0 Å². The van der Waals surface area contributed by atoms with Crippen molar-refractivity contribution in [2.45, 2.75) is 12.3 Å². The van der Waals surface area contributed by atoms with Crippen LogP contribution in [0.4, 0.5) is 0 Å². The molecule has 0 saturated heterocycles. The van der Waals surface area contributed by atoms with Crippen molar-refractivity contribution in [3.05, 3.63) is 117 Å². The highest BCUT2D eigenvalue weighted by Gasteiger charge is 2.27. The van der Waals surface area contributed by atoms with E-state index in [-0.39, 0.29) is 11.5 Å². The molecule has 0 amide bonds. The van der Waals surface area contributed by atoms with Gasteiger partial charge in [0.2, 0.25) is 0 Å². The number of hydrogen-bond donors (Lipinski definition) is 0. The Hall–Kier alpha value is -3.17. The molecule has 1 heterocycles. The van der Waals surface area contributed by atoms with Crippen LogP contribution in [0.3, 0.4) is 0 Å². The van der Waals surface area contributed by atoms with Crippen LogP contribution in [-0.4, -0.2) is 0 Å². The molecule has 1 unspecified atom stereocenters. The van der Waals surface area contributed by atoms with E-state index in [1.54, 1.807) is 0 Å². The third-order valence-electron chi connectivity index (χ3n) is 6.15. The molecule has 0 bridgehead atoms. The minimum atomic E-state index is -0.275. The zero-order valence-electron chi connectivity index (χ0n) is 16.1. The lowest BCUT2D eigenvalue weighted by Gasteiger charge is -2.29. The van der Waals surface area contributed by atoms with Gasteiger partial charge < -0.3 is 4.42 Å². The minimum absolute atomic E-state index is 0.256. The van der Waals surface area contributed by atoms with Crippen LogP contribution >= 0.6 is 15.9 Å². The largest absolute Gasteiger partial charge is 0.422 e. The smallest absolute Gasteiger partial charge is 0.344 e. The molecule has 6 rings (SSSR count). The van der Waals surface area contributed by atoms with E-state index in [2.05, 4.69) is 64.5 Å². The quantitative estimate of drug-likeness (QED) is 0.201. The number of rotatable bonds is 1. The SMILES string of the molecule is O=c1oc2ccccc2c2cc3c(cc12)CC(c1ccccc1)c1ccc(Br)cc1-3. The first kappa shape index (κ1) is 17.7. The zero-order valence-corrected chi connectivity index (χ0v) is 17.6. The molecule has 0 fully saturated rings. The maximum Gasteiger partial charge on any atom is 0.344 e. The Balaban J connectivity index is 1.69. The Morgan fingerprint density at radius 3 is 2.43 bits per heavy atom. The van der Waals surface area contributed by atoms with E-state index in [0.29, 0.717) is 11.0 Å². The maximum atomic E-state index is 12.8. The van der Waals surface area contributed by atoms with Crippen LogP contribution in [0, 0.1) is 0 Å². The second-order valence-corrected chi connectivity index (χ2v) is 8.76. The summed E-state index contributed by atoms with van der Waals surface area (Å²) in [6, 6.07) is 29.1. The van der Waals surface area contributed by atoms with Crippen molar-refractivity contribution in [2.75, 3.05) is 0 Å². The van der Waals surface area contributed by atoms with Crippen molar-refractivity contribution in [1.29, 1.82) is 0 Å². The van der Waals surface area contributed by atoms with Crippen LogP contribution in [0.1, 0.15) is 22.6 Å². The molecule has 30 heavy (non-hydrogen) atoms. The van der Waals surface area contributed by atoms with E-state index in [1.807, 2.05) is 36.4 Å². The molecule has 4 aromatic carbocycles. The lowest BCUT2D eigenvalue weighted by molar-refractivity contribution is 0.569. The van der Waals surface area contributed by atoms with Gasteiger partial charge in [-0.15, -0.1) is 0 Å². The third kappa shape index (κ3) is 2.66. The Labute approximate surface area is 181 Å². The van der Waals surface area contributed by atoms with Gasteiger partial charge in [-0.25, -0.2) is 4.79 Å². The van der Waals surface area contributed by atoms with Gasteiger partial charge in [0, 0.05) is 21.2 Å². The first-order chi connectivity index (χ1) is 14.7. The van der Waals surface area contributed by atoms with Crippen LogP contribution in [0.25, 0.3) is 32.9 Å². The number of hydrogen-bond acceptors (Lipinski definition) is 2. The van der Waals surface area contributed by atoms with Gasteiger partial charge in [0.25, 0.3) is 0 Å². The fraction of sp³-hybridized carbons (Fsp3) is 0.0741. The zero-order chi connectivity index (χ0) is 20.2. The Bertz CT molecular complexity index is 1500. The molecule has 1 aromatic heterocycles. The summed E-state index contributed by atoms with van der Waals surface area (Å²) < 4.78 is 6.66. The highest BCUT2D eigenvalue weighted by Crippen LogP contribution is 2.45. The summed E-state index contributed by atoms with van der Waals surface area (Å²) in [4.78, 5) is 12.8. The molecule has 0 aliphatic heterocycles. The number of fused-ring (bicyclic) bond motifs is 6. The van der Waals surface area contributed by atoms with Crippen LogP contribution in [-0.2, 0) is 6.42 Å². The molecule has 1 aliphatic rings. The van der Waals surface area contributed by atoms with Crippen molar-refractivity contribution in [3.63, 3.8) is 0 Å². The topological polar surface area (TPSA) is 30.2 Å². The lowest BCUT2D eigenvalue weighted by atomic mass is 9.75. The third-order valence-corrected chi connectivity index (χ3v) is 6.64. The van der Waals surface area contributed by atoms with Gasteiger partial charge >= 0.3 is 5.63 Å². The average Bonchev–Trinajstić information content (AvgIpc) is 2.78. The first-order valence-corrected chi connectivity index (χ1v) is 10.8. The summed E-state index contributed by atoms with van der Waals surface area (Å²) >= 11 is 3.65. The molecule has 144 valence electrons. The molecular weight excluding hydrogens is 436 g/mol. The Kier molecular flexibility index (Phi) is 3.93. The van der Waals surface area contributed by atoms with Crippen LogP contribution in [0.2, 0.25) is 0 Å². The summed E-state index contributed by atoms with van der Waals surface area (Å²) in [6.45, 7) is 0. The molecular formula is C27H17BrO2. The van der Waals surface area contributed by atoms with E-state index in [9.17, 15) is 4.79 Å². The summed E-state index contributed by atoms with van der Waals surface area (Å²) in [5, 5.41) is 2.57. The minimum Gasteiger partial charge on any atom is -0.422 e. The number of para-hydroxylation sites is 1. The monoisotopic (exact) mass is 452 g/mol. The van der Waals surface area contributed by atoms with Gasteiger partial charge in [0.05, 0.1) is 5.39 Å². The van der Waals surface area contributed by atoms with E-state index >= 15 is 0 Å². The molecule has 3 heteroatoms. The normalized spacial score (nSPS) is 15.2. The fourth-order valence-electron chi connectivity index (χ4n) is 4.77. The first-order valence-electron chi connectivity index (χ1n) is 10.0.